The molecule has 2 aromatic rings. The Kier molecular flexibility index (Phi) is 7.63. The Labute approximate surface area is 160 Å². The highest BCUT2D eigenvalue weighted by atomic mass is 35.5. The molecule has 1 N–H and O–H groups in total. The molecule has 0 fully saturated rings. The van der Waals surface area contributed by atoms with Gasteiger partial charge in [0.25, 0.3) is 5.91 Å². The maximum atomic E-state index is 12.1. The Hall–Kier alpha value is -1.89. The predicted octanol–water partition coefficient (Wildman–Crippen LogP) is 3.03. The van der Waals surface area contributed by atoms with Gasteiger partial charge in [-0.1, -0.05) is 29.8 Å². The number of benzene rings is 1. The van der Waals surface area contributed by atoms with Gasteiger partial charge in [-0.2, -0.15) is 0 Å². The lowest BCUT2D eigenvalue weighted by Crippen LogP contribution is -2.32. The van der Waals surface area contributed by atoms with Crippen molar-refractivity contribution in [3.8, 4) is 0 Å². The molecule has 0 atom stereocenters. The molecule has 0 spiro atoms. The van der Waals surface area contributed by atoms with Gasteiger partial charge in [0.05, 0.1) is 6.54 Å². The fourth-order valence-corrected chi connectivity index (χ4v) is 2.61. The van der Waals surface area contributed by atoms with Gasteiger partial charge in [0, 0.05) is 30.7 Å². The second kappa shape index (κ2) is 9.71. The smallest absolute Gasteiger partial charge is 0.273 e. The quantitative estimate of drug-likeness (QED) is 0.726. The summed E-state index contributed by atoms with van der Waals surface area (Å²) in [7, 11) is 3.92. The van der Waals surface area contributed by atoms with E-state index in [4.69, 9.17) is 16.0 Å². The van der Waals surface area contributed by atoms with Crippen LogP contribution in [0.2, 0.25) is 5.02 Å². The number of nitrogens with one attached hydrogen (secondary N) is 1. The maximum absolute atomic E-state index is 12.1. The normalized spacial score (nSPS) is 11.5. The monoisotopic (exact) mass is 378 g/mol. The van der Waals surface area contributed by atoms with Crippen molar-refractivity contribution in [2.75, 3.05) is 27.2 Å². The lowest BCUT2D eigenvalue weighted by Gasteiger charge is -2.25. The molecule has 142 valence electrons. The number of rotatable bonds is 9. The highest BCUT2D eigenvalue weighted by molar-refractivity contribution is 6.31. The second-order valence-electron chi connectivity index (χ2n) is 6.78. The minimum Gasteiger partial charge on any atom is -0.447 e. The van der Waals surface area contributed by atoms with Crippen molar-refractivity contribution >= 4 is 17.5 Å². The van der Waals surface area contributed by atoms with Gasteiger partial charge >= 0.3 is 0 Å². The molecule has 2 rings (SSSR count). The van der Waals surface area contributed by atoms with Crippen molar-refractivity contribution in [1.82, 2.24) is 20.1 Å². The van der Waals surface area contributed by atoms with E-state index >= 15 is 0 Å². The summed E-state index contributed by atoms with van der Waals surface area (Å²) in [4.78, 5) is 20.6. The molecule has 0 radical (unpaired) electrons. The van der Waals surface area contributed by atoms with Gasteiger partial charge in [0.2, 0.25) is 5.89 Å². The molecule has 0 unspecified atom stereocenters. The van der Waals surface area contributed by atoms with Crippen molar-refractivity contribution < 1.29 is 9.21 Å². The number of halogens is 1. The van der Waals surface area contributed by atoms with Crippen molar-refractivity contribution in [3.63, 3.8) is 0 Å². The number of carbonyl (C=O) groups is 1. The van der Waals surface area contributed by atoms with E-state index in [1.165, 1.54) is 6.26 Å². The average molecular weight is 379 g/mol. The molecule has 26 heavy (non-hydrogen) atoms. The van der Waals surface area contributed by atoms with E-state index < -0.39 is 0 Å². The predicted molar refractivity (Wildman–Crippen MR) is 103 cm³/mol. The first-order chi connectivity index (χ1) is 12.4. The summed E-state index contributed by atoms with van der Waals surface area (Å²) in [5.41, 5.74) is 1.36. The van der Waals surface area contributed by atoms with Crippen molar-refractivity contribution in [1.29, 1.82) is 0 Å². The molecule has 0 saturated carbocycles. The topological polar surface area (TPSA) is 61.6 Å². The SMILES string of the molecule is CC(C)N(Cc1nc(C(=O)NCCN(C)C)co1)Cc1ccccc1Cl. The van der Waals surface area contributed by atoms with Crippen LogP contribution in [0, 0.1) is 0 Å². The summed E-state index contributed by atoms with van der Waals surface area (Å²) in [5.74, 6) is 0.299. The van der Waals surface area contributed by atoms with Crippen LogP contribution in [0.4, 0.5) is 0 Å². The van der Waals surface area contributed by atoms with Gasteiger partial charge in [0.1, 0.15) is 6.26 Å². The third-order valence-corrected chi connectivity index (χ3v) is 4.40. The summed E-state index contributed by atoms with van der Waals surface area (Å²) in [5, 5.41) is 3.57. The van der Waals surface area contributed by atoms with Gasteiger partial charge in [-0.25, -0.2) is 4.98 Å². The van der Waals surface area contributed by atoms with Crippen LogP contribution in [0.3, 0.4) is 0 Å². The fraction of sp³-hybridized carbons (Fsp3) is 0.474. The summed E-state index contributed by atoms with van der Waals surface area (Å²) >= 11 is 6.27. The zero-order chi connectivity index (χ0) is 19.1. The minimum atomic E-state index is -0.218. The lowest BCUT2D eigenvalue weighted by atomic mass is 10.2. The number of aromatic nitrogens is 1. The number of hydrogen-bond donors (Lipinski definition) is 1. The molecule has 0 aliphatic heterocycles. The molecule has 0 saturated heterocycles. The van der Waals surface area contributed by atoms with Gasteiger partial charge in [-0.15, -0.1) is 0 Å². The Bertz CT molecular complexity index is 715. The fourth-order valence-electron chi connectivity index (χ4n) is 2.41. The first-order valence-electron chi connectivity index (χ1n) is 8.71. The van der Waals surface area contributed by atoms with E-state index in [9.17, 15) is 4.79 Å². The Morgan fingerprint density at radius 2 is 2.00 bits per heavy atom. The van der Waals surface area contributed by atoms with Crippen LogP contribution in [0.15, 0.2) is 34.9 Å². The number of hydrogen-bond acceptors (Lipinski definition) is 5. The van der Waals surface area contributed by atoms with Crippen LogP contribution >= 0.6 is 11.6 Å². The van der Waals surface area contributed by atoms with Crippen LogP contribution < -0.4 is 5.32 Å². The largest absolute Gasteiger partial charge is 0.447 e. The number of carbonyl (C=O) groups excluding carboxylic acids is 1. The molecule has 0 bridgehead atoms. The van der Waals surface area contributed by atoms with Crippen LogP contribution in [0.5, 0.6) is 0 Å². The molecule has 7 heteroatoms. The molecule has 1 heterocycles. The molecular formula is C19H27ClN4O2. The first kappa shape index (κ1) is 20.4. The third-order valence-electron chi connectivity index (χ3n) is 4.03. The van der Waals surface area contributed by atoms with E-state index in [0.29, 0.717) is 31.2 Å². The Morgan fingerprint density at radius 3 is 2.65 bits per heavy atom. The van der Waals surface area contributed by atoms with E-state index in [2.05, 4.69) is 29.0 Å². The van der Waals surface area contributed by atoms with Crippen LogP contribution in [-0.4, -0.2) is 53.9 Å². The van der Waals surface area contributed by atoms with E-state index in [0.717, 1.165) is 17.1 Å². The second-order valence-corrected chi connectivity index (χ2v) is 7.18. The lowest BCUT2D eigenvalue weighted by molar-refractivity contribution is 0.0946. The van der Waals surface area contributed by atoms with Gasteiger partial charge < -0.3 is 14.6 Å². The number of likely N-dealkylation sites (N-methyl/N-ethyl adjacent to an activating group) is 1. The number of nitrogens with zero attached hydrogens (tertiary/aromatic N) is 3. The molecule has 1 aromatic heterocycles. The first-order valence-corrected chi connectivity index (χ1v) is 9.09. The summed E-state index contributed by atoms with van der Waals surface area (Å²) in [6.45, 7) is 6.75. The molecule has 0 aliphatic rings. The highest BCUT2D eigenvalue weighted by Gasteiger charge is 2.17. The molecule has 6 nitrogen and oxygen atoms in total. The molecular weight excluding hydrogens is 352 g/mol. The van der Waals surface area contributed by atoms with Gasteiger partial charge in [-0.3, -0.25) is 9.69 Å². The van der Waals surface area contributed by atoms with Crippen molar-refractivity contribution in [2.45, 2.75) is 33.0 Å². The zero-order valence-corrected chi connectivity index (χ0v) is 16.6. The van der Waals surface area contributed by atoms with Gasteiger partial charge in [0.15, 0.2) is 5.69 Å². The Balaban J connectivity index is 1.98. The third kappa shape index (κ3) is 6.12. The molecule has 0 aliphatic carbocycles. The van der Waals surface area contributed by atoms with Crippen molar-refractivity contribution in [2.24, 2.45) is 0 Å². The summed E-state index contributed by atoms with van der Waals surface area (Å²) < 4.78 is 5.50. The maximum Gasteiger partial charge on any atom is 0.273 e. The van der Waals surface area contributed by atoms with Crippen LogP contribution in [0.1, 0.15) is 35.8 Å². The van der Waals surface area contributed by atoms with E-state index in [-0.39, 0.29) is 11.9 Å². The standard InChI is InChI=1S/C19H27ClN4O2/c1-14(2)24(11-15-7-5-6-8-16(15)20)12-18-22-17(13-26-18)19(25)21-9-10-23(3)4/h5-8,13-14H,9-12H2,1-4H3,(H,21,25). The minimum absolute atomic E-state index is 0.218. The van der Waals surface area contributed by atoms with Crippen LogP contribution in [0.25, 0.3) is 0 Å². The number of amides is 1. The average Bonchev–Trinajstić information content (AvgIpc) is 3.04. The summed E-state index contributed by atoms with van der Waals surface area (Å²) in [6, 6.07) is 8.06. The van der Waals surface area contributed by atoms with Crippen LogP contribution in [-0.2, 0) is 13.1 Å². The van der Waals surface area contributed by atoms with E-state index in [1.54, 1.807) is 0 Å². The summed E-state index contributed by atoms with van der Waals surface area (Å²) in [6.07, 6.45) is 1.41. The number of oxazole rings is 1. The highest BCUT2D eigenvalue weighted by Crippen LogP contribution is 2.19. The van der Waals surface area contributed by atoms with Crippen molar-refractivity contribution in [3.05, 3.63) is 52.7 Å². The molecule has 1 aromatic carbocycles. The molecule has 1 amide bonds. The van der Waals surface area contributed by atoms with Gasteiger partial charge in [-0.05, 0) is 39.6 Å². The Morgan fingerprint density at radius 1 is 1.27 bits per heavy atom. The van der Waals surface area contributed by atoms with E-state index in [1.807, 2.05) is 43.3 Å². The zero-order valence-electron chi connectivity index (χ0n) is 15.8.